The number of nitrogens with zero attached hydrogens (tertiary/aromatic N) is 1. The lowest BCUT2D eigenvalue weighted by Gasteiger charge is -2.11. The molecular formula is C19H20N2O. The zero-order valence-electron chi connectivity index (χ0n) is 12.7. The third-order valence-corrected chi connectivity index (χ3v) is 3.66. The molecular weight excluding hydrogens is 272 g/mol. The van der Waals surface area contributed by atoms with Gasteiger partial charge in [0.2, 0.25) is 0 Å². The van der Waals surface area contributed by atoms with E-state index in [0.717, 1.165) is 24.5 Å². The average Bonchev–Trinajstić information content (AvgIpc) is 3.04. The highest BCUT2D eigenvalue weighted by Crippen LogP contribution is 2.17. The third-order valence-electron chi connectivity index (χ3n) is 3.66. The Morgan fingerprint density at radius 1 is 0.864 bits per heavy atom. The number of hydrogen-bond donors (Lipinski definition) is 1. The molecule has 1 aromatic heterocycles. The third kappa shape index (κ3) is 3.38. The minimum absolute atomic E-state index is 0.827. The number of methoxy groups -OCH3 is 1. The van der Waals surface area contributed by atoms with E-state index in [1.165, 1.54) is 11.3 Å². The van der Waals surface area contributed by atoms with Gasteiger partial charge in [-0.2, -0.15) is 0 Å². The Kier molecular flexibility index (Phi) is 4.56. The Labute approximate surface area is 131 Å². The van der Waals surface area contributed by atoms with Gasteiger partial charge < -0.3 is 14.6 Å². The molecule has 3 heteroatoms. The molecule has 1 N–H and O–H groups in total. The van der Waals surface area contributed by atoms with Crippen molar-refractivity contribution in [2.45, 2.75) is 13.1 Å². The molecule has 0 spiro atoms. The van der Waals surface area contributed by atoms with Crippen molar-refractivity contribution in [1.29, 1.82) is 0 Å². The van der Waals surface area contributed by atoms with Crippen molar-refractivity contribution in [3.05, 3.63) is 84.2 Å². The van der Waals surface area contributed by atoms with E-state index < -0.39 is 0 Å². The lowest BCUT2D eigenvalue weighted by atomic mass is 10.2. The topological polar surface area (TPSA) is 26.2 Å². The van der Waals surface area contributed by atoms with E-state index in [0.29, 0.717) is 0 Å². The van der Waals surface area contributed by atoms with E-state index >= 15 is 0 Å². The van der Waals surface area contributed by atoms with Crippen LogP contribution in [0.4, 0.5) is 0 Å². The molecule has 0 aliphatic carbocycles. The largest absolute Gasteiger partial charge is 0.497 e. The van der Waals surface area contributed by atoms with Gasteiger partial charge in [0.25, 0.3) is 0 Å². The highest BCUT2D eigenvalue weighted by molar-refractivity contribution is 5.39. The summed E-state index contributed by atoms with van der Waals surface area (Å²) in [4.78, 5) is 0. The minimum Gasteiger partial charge on any atom is -0.497 e. The van der Waals surface area contributed by atoms with Crippen LogP contribution in [0.3, 0.4) is 0 Å². The second-order valence-corrected chi connectivity index (χ2v) is 5.16. The Hall–Kier alpha value is -2.52. The number of nitrogens with one attached hydrogen (secondary N) is 1. The fraction of sp³-hybridized carbons (Fsp3) is 0.158. The van der Waals surface area contributed by atoms with Crippen molar-refractivity contribution in [3.63, 3.8) is 0 Å². The smallest absolute Gasteiger partial charge is 0.119 e. The summed E-state index contributed by atoms with van der Waals surface area (Å²) in [5.74, 6) is 0.875. The molecule has 0 fully saturated rings. The van der Waals surface area contributed by atoms with Gasteiger partial charge in [0, 0.05) is 30.7 Å². The van der Waals surface area contributed by atoms with E-state index in [1.807, 2.05) is 18.2 Å². The average molecular weight is 292 g/mol. The van der Waals surface area contributed by atoms with E-state index in [-0.39, 0.29) is 0 Å². The molecule has 112 valence electrons. The van der Waals surface area contributed by atoms with Crippen LogP contribution in [-0.4, -0.2) is 11.7 Å². The van der Waals surface area contributed by atoms with Crippen molar-refractivity contribution >= 4 is 0 Å². The first-order chi connectivity index (χ1) is 10.9. The van der Waals surface area contributed by atoms with Crippen molar-refractivity contribution in [2.75, 3.05) is 7.11 Å². The van der Waals surface area contributed by atoms with Crippen LogP contribution < -0.4 is 10.1 Å². The molecule has 3 nitrogen and oxygen atoms in total. The lowest BCUT2D eigenvalue weighted by molar-refractivity contribution is 0.414. The quantitative estimate of drug-likeness (QED) is 0.748. The Morgan fingerprint density at radius 2 is 1.64 bits per heavy atom. The number of ether oxygens (including phenoxy) is 1. The predicted octanol–water partition coefficient (Wildman–Crippen LogP) is 3.78. The van der Waals surface area contributed by atoms with Gasteiger partial charge in [-0.1, -0.05) is 30.3 Å². The standard InChI is InChI=1S/C19H20N2O/c1-22-19-11-9-17(10-12-19)21-13-5-8-18(21)15-20-14-16-6-3-2-4-7-16/h2-13,20H,14-15H2,1H3. The zero-order chi connectivity index (χ0) is 15.2. The molecule has 2 aromatic carbocycles. The van der Waals surface area contributed by atoms with Crippen LogP contribution >= 0.6 is 0 Å². The van der Waals surface area contributed by atoms with E-state index in [1.54, 1.807) is 7.11 Å². The monoisotopic (exact) mass is 292 g/mol. The maximum absolute atomic E-state index is 5.21. The highest BCUT2D eigenvalue weighted by Gasteiger charge is 2.03. The van der Waals surface area contributed by atoms with Gasteiger partial charge in [-0.05, 0) is 42.0 Å². The van der Waals surface area contributed by atoms with Crippen molar-refractivity contribution in [3.8, 4) is 11.4 Å². The number of hydrogen-bond acceptors (Lipinski definition) is 2. The summed E-state index contributed by atoms with van der Waals surface area (Å²) in [7, 11) is 1.68. The van der Waals surface area contributed by atoms with Gasteiger partial charge >= 0.3 is 0 Å². The molecule has 0 saturated heterocycles. The highest BCUT2D eigenvalue weighted by atomic mass is 16.5. The predicted molar refractivity (Wildman–Crippen MR) is 89.3 cm³/mol. The number of benzene rings is 2. The first-order valence-electron chi connectivity index (χ1n) is 7.42. The van der Waals surface area contributed by atoms with Gasteiger partial charge in [0.05, 0.1) is 7.11 Å². The fourth-order valence-electron chi connectivity index (χ4n) is 2.49. The normalized spacial score (nSPS) is 10.6. The zero-order valence-corrected chi connectivity index (χ0v) is 12.7. The minimum atomic E-state index is 0.827. The maximum Gasteiger partial charge on any atom is 0.119 e. The molecule has 0 aliphatic heterocycles. The summed E-state index contributed by atoms with van der Waals surface area (Å²) >= 11 is 0. The second kappa shape index (κ2) is 6.96. The van der Waals surface area contributed by atoms with Crippen LogP contribution in [-0.2, 0) is 13.1 Å². The van der Waals surface area contributed by atoms with E-state index in [9.17, 15) is 0 Å². The second-order valence-electron chi connectivity index (χ2n) is 5.16. The summed E-state index contributed by atoms with van der Waals surface area (Å²) in [6.45, 7) is 1.70. The summed E-state index contributed by atoms with van der Waals surface area (Å²) in [6, 6.07) is 22.8. The van der Waals surface area contributed by atoms with E-state index in [2.05, 4.69) is 64.6 Å². The van der Waals surface area contributed by atoms with Crippen LogP contribution in [0.5, 0.6) is 5.75 Å². The van der Waals surface area contributed by atoms with Gasteiger partial charge in [-0.25, -0.2) is 0 Å². The van der Waals surface area contributed by atoms with Crippen LogP contribution in [0.2, 0.25) is 0 Å². The molecule has 3 aromatic rings. The molecule has 0 unspecified atom stereocenters. The molecule has 0 aliphatic rings. The Morgan fingerprint density at radius 3 is 2.36 bits per heavy atom. The van der Waals surface area contributed by atoms with Gasteiger partial charge in [0.1, 0.15) is 5.75 Å². The molecule has 0 bridgehead atoms. The van der Waals surface area contributed by atoms with Crippen molar-refractivity contribution in [2.24, 2.45) is 0 Å². The first-order valence-corrected chi connectivity index (χ1v) is 7.42. The molecule has 0 amide bonds. The molecule has 0 saturated carbocycles. The summed E-state index contributed by atoms with van der Waals surface area (Å²) < 4.78 is 7.40. The lowest BCUT2D eigenvalue weighted by Crippen LogP contribution is -2.15. The summed E-state index contributed by atoms with van der Waals surface area (Å²) in [5, 5.41) is 3.49. The molecule has 1 heterocycles. The Balaban J connectivity index is 1.66. The fourth-order valence-corrected chi connectivity index (χ4v) is 2.49. The maximum atomic E-state index is 5.21. The van der Waals surface area contributed by atoms with Crippen LogP contribution in [0.15, 0.2) is 72.9 Å². The van der Waals surface area contributed by atoms with Crippen LogP contribution in [0.1, 0.15) is 11.3 Å². The molecule has 0 atom stereocenters. The van der Waals surface area contributed by atoms with Crippen LogP contribution in [0, 0.1) is 0 Å². The van der Waals surface area contributed by atoms with Gasteiger partial charge in [0.15, 0.2) is 0 Å². The van der Waals surface area contributed by atoms with Gasteiger partial charge in [-0.15, -0.1) is 0 Å². The van der Waals surface area contributed by atoms with Gasteiger partial charge in [-0.3, -0.25) is 0 Å². The molecule has 22 heavy (non-hydrogen) atoms. The summed E-state index contributed by atoms with van der Waals surface area (Å²) in [5.41, 5.74) is 3.67. The van der Waals surface area contributed by atoms with Crippen LogP contribution in [0.25, 0.3) is 5.69 Å². The number of aromatic nitrogens is 1. The summed E-state index contributed by atoms with van der Waals surface area (Å²) in [6.07, 6.45) is 2.08. The SMILES string of the molecule is COc1ccc(-n2cccc2CNCc2ccccc2)cc1. The van der Waals surface area contributed by atoms with Crippen molar-refractivity contribution < 1.29 is 4.74 Å². The van der Waals surface area contributed by atoms with Crippen molar-refractivity contribution in [1.82, 2.24) is 9.88 Å². The van der Waals surface area contributed by atoms with E-state index in [4.69, 9.17) is 4.74 Å². The molecule has 0 radical (unpaired) electrons. The Bertz CT molecular complexity index is 702. The molecule has 3 rings (SSSR count). The first kappa shape index (κ1) is 14.4. The number of rotatable bonds is 6.